The van der Waals surface area contributed by atoms with E-state index in [4.69, 9.17) is 9.47 Å². The van der Waals surface area contributed by atoms with Crippen molar-refractivity contribution in [2.45, 2.75) is 18.4 Å². The lowest BCUT2D eigenvalue weighted by Gasteiger charge is -2.34. The van der Waals surface area contributed by atoms with Crippen LogP contribution in [-0.4, -0.2) is 43.8 Å². The van der Waals surface area contributed by atoms with Crippen LogP contribution in [0.1, 0.15) is 12.8 Å². The molecule has 2 aromatic rings. The summed E-state index contributed by atoms with van der Waals surface area (Å²) in [7, 11) is 3.22. The molecular weight excluding hydrogens is 302 g/mol. The molecule has 0 saturated carbocycles. The number of carbonyl (C=O) groups is 1. The largest absolute Gasteiger partial charge is 0.497 e. The van der Waals surface area contributed by atoms with Crippen molar-refractivity contribution in [3.8, 4) is 5.75 Å². The minimum absolute atomic E-state index is 0.123. The third kappa shape index (κ3) is 2.79. The number of hydrogen-bond acceptors (Lipinski definition) is 6. The fourth-order valence-corrected chi connectivity index (χ4v) is 3.54. The van der Waals surface area contributed by atoms with Gasteiger partial charge >= 0.3 is 0 Å². The van der Waals surface area contributed by atoms with Gasteiger partial charge in [-0.15, -0.1) is 0 Å². The highest BCUT2D eigenvalue weighted by atomic mass is 32.1. The number of anilines is 1. The van der Waals surface area contributed by atoms with E-state index in [0.29, 0.717) is 18.0 Å². The van der Waals surface area contributed by atoms with Crippen molar-refractivity contribution in [2.24, 2.45) is 0 Å². The molecule has 118 valence electrons. The molecule has 1 saturated heterocycles. The van der Waals surface area contributed by atoms with Crippen molar-refractivity contribution in [2.75, 3.05) is 32.6 Å². The lowest BCUT2D eigenvalue weighted by atomic mass is 9.91. The van der Waals surface area contributed by atoms with Gasteiger partial charge in [-0.1, -0.05) is 11.3 Å². The van der Waals surface area contributed by atoms with Crippen molar-refractivity contribution < 1.29 is 14.3 Å². The van der Waals surface area contributed by atoms with Gasteiger partial charge in [0.05, 0.1) is 17.3 Å². The zero-order chi connectivity index (χ0) is 15.6. The molecule has 0 bridgehead atoms. The minimum atomic E-state index is -0.763. The van der Waals surface area contributed by atoms with Gasteiger partial charge in [0.1, 0.15) is 11.4 Å². The van der Waals surface area contributed by atoms with Crippen LogP contribution in [0.25, 0.3) is 10.2 Å². The van der Waals surface area contributed by atoms with Crippen molar-refractivity contribution in [3.63, 3.8) is 0 Å². The SMILES string of the molecule is COc1ccc2nc(NC(=O)C3(OC)CCNCC3)sc2c1. The zero-order valence-corrected chi connectivity index (χ0v) is 13.5. The van der Waals surface area contributed by atoms with Crippen LogP contribution in [-0.2, 0) is 9.53 Å². The van der Waals surface area contributed by atoms with Crippen LogP contribution >= 0.6 is 11.3 Å². The molecule has 1 aliphatic rings. The van der Waals surface area contributed by atoms with Crippen LogP contribution in [0.2, 0.25) is 0 Å². The van der Waals surface area contributed by atoms with Gasteiger partial charge in [-0.05, 0) is 44.1 Å². The molecule has 7 heteroatoms. The van der Waals surface area contributed by atoms with Crippen LogP contribution in [0.5, 0.6) is 5.75 Å². The summed E-state index contributed by atoms with van der Waals surface area (Å²) in [4.78, 5) is 17.0. The van der Waals surface area contributed by atoms with Gasteiger partial charge in [0, 0.05) is 7.11 Å². The van der Waals surface area contributed by atoms with E-state index in [9.17, 15) is 4.79 Å². The monoisotopic (exact) mass is 321 g/mol. The molecule has 6 nitrogen and oxygen atoms in total. The fourth-order valence-electron chi connectivity index (χ4n) is 2.65. The van der Waals surface area contributed by atoms with Crippen molar-refractivity contribution in [1.82, 2.24) is 10.3 Å². The Kier molecular flexibility index (Phi) is 4.28. The number of benzene rings is 1. The molecule has 3 rings (SSSR count). The van der Waals surface area contributed by atoms with Gasteiger partial charge in [0.2, 0.25) is 0 Å². The number of rotatable bonds is 4. The summed E-state index contributed by atoms with van der Waals surface area (Å²) in [6, 6.07) is 5.66. The van der Waals surface area contributed by atoms with Gasteiger partial charge in [-0.3, -0.25) is 10.1 Å². The summed E-state index contributed by atoms with van der Waals surface area (Å²) in [6.07, 6.45) is 1.32. The smallest absolute Gasteiger partial charge is 0.258 e. The number of amides is 1. The van der Waals surface area contributed by atoms with E-state index in [1.165, 1.54) is 11.3 Å². The lowest BCUT2D eigenvalue weighted by molar-refractivity contribution is -0.140. The molecule has 0 radical (unpaired) electrons. The third-order valence-electron chi connectivity index (χ3n) is 4.03. The molecule has 0 atom stereocenters. The number of fused-ring (bicyclic) bond motifs is 1. The van der Waals surface area contributed by atoms with E-state index in [-0.39, 0.29) is 5.91 Å². The Labute approximate surface area is 132 Å². The first-order chi connectivity index (χ1) is 10.7. The van der Waals surface area contributed by atoms with Gasteiger partial charge < -0.3 is 14.8 Å². The number of thiazole rings is 1. The molecule has 22 heavy (non-hydrogen) atoms. The van der Waals surface area contributed by atoms with Crippen molar-refractivity contribution >= 4 is 32.6 Å². The van der Waals surface area contributed by atoms with E-state index in [2.05, 4.69) is 15.6 Å². The normalized spacial score (nSPS) is 17.4. The number of ether oxygens (including phenoxy) is 2. The first kappa shape index (κ1) is 15.2. The highest BCUT2D eigenvalue weighted by Gasteiger charge is 2.40. The van der Waals surface area contributed by atoms with Crippen LogP contribution in [0.15, 0.2) is 18.2 Å². The molecule has 1 aliphatic heterocycles. The quantitative estimate of drug-likeness (QED) is 0.901. The summed E-state index contributed by atoms with van der Waals surface area (Å²) in [5.74, 6) is 0.656. The maximum Gasteiger partial charge on any atom is 0.258 e. The van der Waals surface area contributed by atoms with E-state index >= 15 is 0 Å². The Balaban J connectivity index is 1.81. The van der Waals surface area contributed by atoms with Gasteiger partial charge in [0.15, 0.2) is 5.13 Å². The molecule has 0 aliphatic carbocycles. The molecule has 2 heterocycles. The molecule has 1 aromatic heterocycles. The Bertz CT molecular complexity index is 680. The number of carbonyl (C=O) groups excluding carboxylic acids is 1. The average molecular weight is 321 g/mol. The first-order valence-corrected chi connectivity index (χ1v) is 8.00. The molecule has 1 aromatic carbocycles. The minimum Gasteiger partial charge on any atom is -0.497 e. The molecule has 0 unspecified atom stereocenters. The number of methoxy groups -OCH3 is 2. The number of hydrogen-bond donors (Lipinski definition) is 2. The molecule has 0 spiro atoms. The summed E-state index contributed by atoms with van der Waals surface area (Å²) in [6.45, 7) is 1.55. The number of nitrogens with zero attached hydrogens (tertiary/aromatic N) is 1. The van der Waals surface area contributed by atoms with Crippen LogP contribution < -0.4 is 15.4 Å². The maximum absolute atomic E-state index is 12.6. The summed E-state index contributed by atoms with van der Waals surface area (Å²) >= 11 is 1.43. The number of nitrogens with one attached hydrogen (secondary N) is 2. The molecule has 1 fully saturated rings. The van der Waals surface area contributed by atoms with Crippen LogP contribution in [0.4, 0.5) is 5.13 Å². The number of piperidine rings is 1. The summed E-state index contributed by atoms with van der Waals surface area (Å²) in [5, 5.41) is 6.73. The summed E-state index contributed by atoms with van der Waals surface area (Å²) in [5.41, 5.74) is 0.0822. The average Bonchev–Trinajstić information content (AvgIpc) is 2.96. The Morgan fingerprint density at radius 1 is 1.36 bits per heavy atom. The van der Waals surface area contributed by atoms with Gasteiger partial charge in [-0.2, -0.15) is 0 Å². The predicted octanol–water partition coefficient (Wildman–Crippen LogP) is 2.01. The van der Waals surface area contributed by atoms with E-state index in [1.54, 1.807) is 14.2 Å². The van der Waals surface area contributed by atoms with Crippen LogP contribution in [0.3, 0.4) is 0 Å². The standard InChI is InChI=1S/C15H19N3O3S/c1-20-10-3-4-11-12(9-10)22-14(17-11)18-13(19)15(21-2)5-7-16-8-6-15/h3-4,9,16H,5-8H2,1-2H3,(H,17,18,19). The summed E-state index contributed by atoms with van der Waals surface area (Å²) < 4.78 is 11.7. The molecule has 1 amide bonds. The van der Waals surface area contributed by atoms with Gasteiger partial charge in [-0.25, -0.2) is 4.98 Å². The third-order valence-corrected chi connectivity index (χ3v) is 4.97. The molecule has 2 N–H and O–H groups in total. The maximum atomic E-state index is 12.6. The van der Waals surface area contributed by atoms with E-state index < -0.39 is 5.60 Å². The second-order valence-electron chi connectivity index (χ2n) is 5.26. The van der Waals surface area contributed by atoms with Gasteiger partial charge in [0.25, 0.3) is 5.91 Å². The predicted molar refractivity (Wildman–Crippen MR) is 86.6 cm³/mol. The highest BCUT2D eigenvalue weighted by Crippen LogP contribution is 2.31. The number of aromatic nitrogens is 1. The van der Waals surface area contributed by atoms with E-state index in [0.717, 1.165) is 29.1 Å². The van der Waals surface area contributed by atoms with Crippen LogP contribution in [0, 0.1) is 0 Å². The Morgan fingerprint density at radius 3 is 2.82 bits per heavy atom. The molecular formula is C15H19N3O3S. The second kappa shape index (κ2) is 6.20. The second-order valence-corrected chi connectivity index (χ2v) is 6.29. The lowest BCUT2D eigenvalue weighted by Crippen LogP contribution is -2.51. The fraction of sp³-hybridized carbons (Fsp3) is 0.467. The van der Waals surface area contributed by atoms with Crippen molar-refractivity contribution in [1.29, 1.82) is 0 Å². The van der Waals surface area contributed by atoms with Crippen molar-refractivity contribution in [3.05, 3.63) is 18.2 Å². The Morgan fingerprint density at radius 2 is 2.14 bits per heavy atom. The highest BCUT2D eigenvalue weighted by molar-refractivity contribution is 7.22. The first-order valence-electron chi connectivity index (χ1n) is 7.19. The Hall–Kier alpha value is -1.70. The zero-order valence-electron chi connectivity index (χ0n) is 12.6. The topological polar surface area (TPSA) is 72.5 Å². The van der Waals surface area contributed by atoms with E-state index in [1.807, 2.05) is 18.2 Å².